The van der Waals surface area contributed by atoms with E-state index < -0.39 is 0 Å². The number of carbonyl (C=O) groups is 2. The van der Waals surface area contributed by atoms with Crippen LogP contribution >= 0.6 is 0 Å². The van der Waals surface area contributed by atoms with Crippen LogP contribution in [0, 0.1) is 0 Å². The Hall–Kier alpha value is -2.04. The Labute approximate surface area is 144 Å². The zero-order chi connectivity index (χ0) is 17.4. The summed E-state index contributed by atoms with van der Waals surface area (Å²) >= 11 is 0. The zero-order valence-electron chi connectivity index (χ0n) is 14.6. The molecule has 1 aromatic rings. The summed E-state index contributed by atoms with van der Waals surface area (Å²) < 4.78 is 5.48. The van der Waals surface area contributed by atoms with Crippen molar-refractivity contribution in [1.29, 1.82) is 0 Å². The summed E-state index contributed by atoms with van der Waals surface area (Å²) in [5.41, 5.74) is 0.990. The number of rotatable bonds is 8. The number of hydrogen-bond acceptors (Lipinski definition) is 3. The molecule has 1 unspecified atom stereocenters. The van der Waals surface area contributed by atoms with Crippen molar-refractivity contribution >= 4 is 11.8 Å². The molecule has 132 valence electrons. The molecule has 1 saturated carbocycles. The van der Waals surface area contributed by atoms with E-state index in [1.165, 1.54) is 12.8 Å². The van der Waals surface area contributed by atoms with Crippen molar-refractivity contribution in [2.75, 3.05) is 6.61 Å². The maximum absolute atomic E-state index is 12.1. The predicted octanol–water partition coefficient (Wildman–Crippen LogP) is 3.10. The Bertz CT molecular complexity index is 553. The molecule has 0 aliphatic heterocycles. The standard InChI is InChI=1S/C19H28N2O3/c1-3-24-17-10-6-7-15(13-17)14(2)20-18(22)11-12-19(23)21-16-8-4-5-9-16/h6-7,10,13-14,16H,3-5,8-9,11-12H2,1-2H3,(H,20,22)(H,21,23). The van der Waals surface area contributed by atoms with Crippen molar-refractivity contribution in [1.82, 2.24) is 10.6 Å². The number of benzene rings is 1. The molecule has 2 N–H and O–H groups in total. The molecule has 24 heavy (non-hydrogen) atoms. The average Bonchev–Trinajstić information content (AvgIpc) is 3.06. The SMILES string of the molecule is CCOc1cccc(C(C)NC(=O)CCC(=O)NC2CCCC2)c1. The molecule has 0 radical (unpaired) electrons. The first-order chi connectivity index (χ1) is 11.6. The maximum Gasteiger partial charge on any atom is 0.220 e. The Kier molecular flexibility index (Phi) is 7.09. The number of nitrogens with one attached hydrogen (secondary N) is 2. The van der Waals surface area contributed by atoms with Gasteiger partial charge in [0.2, 0.25) is 11.8 Å². The summed E-state index contributed by atoms with van der Waals surface area (Å²) in [6, 6.07) is 7.89. The lowest BCUT2D eigenvalue weighted by Gasteiger charge is -2.16. The van der Waals surface area contributed by atoms with Crippen molar-refractivity contribution in [3.63, 3.8) is 0 Å². The second-order valence-corrected chi connectivity index (χ2v) is 6.34. The molecule has 1 atom stereocenters. The normalized spacial score (nSPS) is 15.8. The van der Waals surface area contributed by atoms with Gasteiger partial charge >= 0.3 is 0 Å². The van der Waals surface area contributed by atoms with Crippen LogP contribution < -0.4 is 15.4 Å². The Balaban J connectivity index is 1.74. The highest BCUT2D eigenvalue weighted by Crippen LogP contribution is 2.19. The monoisotopic (exact) mass is 332 g/mol. The minimum Gasteiger partial charge on any atom is -0.494 e. The van der Waals surface area contributed by atoms with E-state index >= 15 is 0 Å². The molecule has 1 aliphatic carbocycles. The fraction of sp³-hybridized carbons (Fsp3) is 0.579. The lowest BCUT2D eigenvalue weighted by atomic mass is 10.1. The van der Waals surface area contributed by atoms with Crippen LogP contribution in [0.25, 0.3) is 0 Å². The van der Waals surface area contributed by atoms with Crippen molar-refractivity contribution in [2.24, 2.45) is 0 Å². The van der Waals surface area contributed by atoms with Crippen LogP contribution in [0.2, 0.25) is 0 Å². The second kappa shape index (κ2) is 9.30. The molecule has 0 heterocycles. The van der Waals surface area contributed by atoms with Gasteiger partial charge in [-0.3, -0.25) is 9.59 Å². The molecule has 0 bridgehead atoms. The van der Waals surface area contributed by atoms with Gasteiger partial charge in [-0.25, -0.2) is 0 Å². The summed E-state index contributed by atoms with van der Waals surface area (Å²) in [5, 5.41) is 5.95. The van der Waals surface area contributed by atoms with E-state index in [2.05, 4.69) is 10.6 Å². The molecule has 1 aliphatic rings. The Morgan fingerprint density at radius 3 is 2.62 bits per heavy atom. The highest BCUT2D eigenvalue weighted by atomic mass is 16.5. The van der Waals surface area contributed by atoms with Crippen molar-refractivity contribution < 1.29 is 14.3 Å². The van der Waals surface area contributed by atoms with Gasteiger partial charge in [-0.1, -0.05) is 25.0 Å². The first-order valence-corrected chi connectivity index (χ1v) is 8.90. The van der Waals surface area contributed by atoms with E-state index in [1.54, 1.807) is 0 Å². The van der Waals surface area contributed by atoms with E-state index in [1.807, 2.05) is 38.1 Å². The van der Waals surface area contributed by atoms with E-state index in [0.717, 1.165) is 24.2 Å². The molecular formula is C19H28N2O3. The van der Waals surface area contributed by atoms with Crippen LogP contribution in [0.1, 0.15) is 64.0 Å². The summed E-state index contributed by atoms with van der Waals surface area (Å²) in [5.74, 6) is 0.668. The number of ether oxygens (including phenoxy) is 1. The summed E-state index contributed by atoms with van der Waals surface area (Å²) in [7, 11) is 0. The van der Waals surface area contributed by atoms with E-state index in [0.29, 0.717) is 12.6 Å². The molecule has 2 amide bonds. The predicted molar refractivity (Wildman–Crippen MR) is 93.8 cm³/mol. The molecule has 5 nitrogen and oxygen atoms in total. The van der Waals surface area contributed by atoms with Gasteiger partial charge in [0.1, 0.15) is 5.75 Å². The van der Waals surface area contributed by atoms with Gasteiger partial charge in [-0.05, 0) is 44.4 Å². The third kappa shape index (κ3) is 5.87. The van der Waals surface area contributed by atoms with Crippen molar-refractivity contribution in [2.45, 2.75) is 64.5 Å². The largest absolute Gasteiger partial charge is 0.494 e. The molecule has 2 rings (SSSR count). The average molecular weight is 332 g/mol. The molecule has 0 aromatic heterocycles. The van der Waals surface area contributed by atoms with E-state index in [4.69, 9.17) is 4.74 Å². The van der Waals surface area contributed by atoms with Gasteiger partial charge in [0.25, 0.3) is 0 Å². The minimum atomic E-state index is -0.115. The fourth-order valence-corrected chi connectivity index (χ4v) is 3.03. The van der Waals surface area contributed by atoms with Gasteiger partial charge < -0.3 is 15.4 Å². The molecule has 1 aromatic carbocycles. The first kappa shape index (κ1) is 18.3. The minimum absolute atomic E-state index is 0.0250. The third-order valence-corrected chi connectivity index (χ3v) is 4.35. The summed E-state index contributed by atoms with van der Waals surface area (Å²) in [4.78, 5) is 23.9. The number of amides is 2. The van der Waals surface area contributed by atoms with Crippen molar-refractivity contribution in [3.8, 4) is 5.75 Å². The van der Waals surface area contributed by atoms with Gasteiger partial charge in [-0.15, -0.1) is 0 Å². The molecule has 5 heteroatoms. The molecule has 0 spiro atoms. The van der Waals surface area contributed by atoms with E-state index in [-0.39, 0.29) is 30.7 Å². The third-order valence-electron chi connectivity index (χ3n) is 4.35. The topological polar surface area (TPSA) is 67.4 Å². The smallest absolute Gasteiger partial charge is 0.220 e. The summed E-state index contributed by atoms with van der Waals surface area (Å²) in [6.07, 6.45) is 4.95. The highest BCUT2D eigenvalue weighted by Gasteiger charge is 2.18. The lowest BCUT2D eigenvalue weighted by molar-refractivity contribution is -0.127. The van der Waals surface area contributed by atoms with E-state index in [9.17, 15) is 9.59 Å². The Morgan fingerprint density at radius 2 is 1.92 bits per heavy atom. The van der Waals surface area contributed by atoms with Crippen LogP contribution in [-0.2, 0) is 9.59 Å². The molecular weight excluding hydrogens is 304 g/mol. The van der Waals surface area contributed by atoms with Crippen LogP contribution in [-0.4, -0.2) is 24.5 Å². The number of carbonyl (C=O) groups excluding carboxylic acids is 2. The van der Waals surface area contributed by atoms with Crippen LogP contribution in [0.5, 0.6) is 5.75 Å². The van der Waals surface area contributed by atoms with Crippen LogP contribution in [0.15, 0.2) is 24.3 Å². The van der Waals surface area contributed by atoms with Crippen molar-refractivity contribution in [3.05, 3.63) is 29.8 Å². The quantitative estimate of drug-likeness (QED) is 0.769. The van der Waals surface area contributed by atoms with Gasteiger partial charge in [0.05, 0.1) is 12.6 Å². The van der Waals surface area contributed by atoms with Gasteiger partial charge in [0.15, 0.2) is 0 Å². The van der Waals surface area contributed by atoms with Crippen LogP contribution in [0.3, 0.4) is 0 Å². The lowest BCUT2D eigenvalue weighted by Crippen LogP contribution is -2.34. The molecule has 1 fully saturated rings. The Morgan fingerprint density at radius 1 is 1.21 bits per heavy atom. The maximum atomic E-state index is 12.1. The summed E-state index contributed by atoms with van der Waals surface area (Å²) in [6.45, 7) is 4.48. The molecule has 0 saturated heterocycles. The first-order valence-electron chi connectivity index (χ1n) is 8.90. The number of hydrogen-bond donors (Lipinski definition) is 2. The van der Waals surface area contributed by atoms with Crippen LogP contribution in [0.4, 0.5) is 0 Å². The second-order valence-electron chi connectivity index (χ2n) is 6.34. The fourth-order valence-electron chi connectivity index (χ4n) is 3.03. The van der Waals surface area contributed by atoms with Gasteiger partial charge in [0, 0.05) is 18.9 Å². The highest BCUT2D eigenvalue weighted by molar-refractivity contribution is 5.84. The van der Waals surface area contributed by atoms with Gasteiger partial charge in [-0.2, -0.15) is 0 Å². The zero-order valence-corrected chi connectivity index (χ0v) is 14.6.